The highest BCUT2D eigenvalue weighted by molar-refractivity contribution is 9.10. The van der Waals surface area contributed by atoms with Crippen molar-refractivity contribution in [1.29, 1.82) is 0 Å². The molecule has 0 spiro atoms. The number of halogens is 1. The third kappa shape index (κ3) is 3.26. The van der Waals surface area contributed by atoms with Crippen LogP contribution in [0.3, 0.4) is 0 Å². The summed E-state index contributed by atoms with van der Waals surface area (Å²) >= 11 is 4.81. The molecule has 0 atom stereocenters. The van der Waals surface area contributed by atoms with Gasteiger partial charge in [0, 0.05) is 15.7 Å². The lowest BCUT2D eigenvalue weighted by Crippen LogP contribution is -2.11. The zero-order chi connectivity index (χ0) is 15.5. The Kier molecular flexibility index (Phi) is 4.36. The molecule has 110 valence electrons. The molecule has 0 radical (unpaired) electrons. The van der Waals surface area contributed by atoms with E-state index >= 15 is 0 Å². The van der Waals surface area contributed by atoms with E-state index in [1.54, 1.807) is 0 Å². The van der Waals surface area contributed by atoms with Crippen LogP contribution >= 0.6 is 27.3 Å². The van der Waals surface area contributed by atoms with Crippen molar-refractivity contribution in [1.82, 2.24) is 4.98 Å². The molecule has 0 bridgehead atoms. The van der Waals surface area contributed by atoms with Gasteiger partial charge < -0.3 is 5.32 Å². The Morgan fingerprint density at radius 3 is 2.64 bits per heavy atom. The minimum absolute atomic E-state index is 0.129. The fourth-order valence-electron chi connectivity index (χ4n) is 2.07. The van der Waals surface area contributed by atoms with Crippen molar-refractivity contribution in [2.45, 2.75) is 6.92 Å². The van der Waals surface area contributed by atoms with Crippen molar-refractivity contribution in [3.05, 3.63) is 69.6 Å². The molecule has 1 amide bonds. The van der Waals surface area contributed by atoms with Crippen LogP contribution in [0.1, 0.15) is 15.4 Å². The molecule has 3 nitrogen and oxygen atoms in total. The Morgan fingerprint density at radius 2 is 1.91 bits per heavy atom. The van der Waals surface area contributed by atoms with Gasteiger partial charge in [0.05, 0.1) is 5.69 Å². The Labute approximate surface area is 141 Å². The van der Waals surface area contributed by atoms with E-state index in [0.717, 1.165) is 26.4 Å². The second-order valence-corrected chi connectivity index (χ2v) is 6.68. The first-order chi connectivity index (χ1) is 10.6. The van der Waals surface area contributed by atoms with Crippen LogP contribution in [0.2, 0.25) is 0 Å². The van der Waals surface area contributed by atoms with Crippen LogP contribution in [0.15, 0.2) is 59.1 Å². The topological polar surface area (TPSA) is 42.0 Å². The van der Waals surface area contributed by atoms with E-state index in [0.29, 0.717) is 4.88 Å². The summed E-state index contributed by atoms with van der Waals surface area (Å²) in [6.07, 6.45) is 0. The van der Waals surface area contributed by atoms with Crippen LogP contribution in [-0.2, 0) is 0 Å². The van der Waals surface area contributed by atoms with Gasteiger partial charge in [0.2, 0.25) is 0 Å². The minimum atomic E-state index is -0.129. The number of hydrogen-bond acceptors (Lipinski definition) is 3. The standard InChI is InChI=1S/C17H13BrN2OS/c1-11-15(16(21)20-14-9-5-8-13(18)10-14)22-17(19-11)12-6-3-2-4-7-12/h2-10H,1H3,(H,20,21). The van der Waals surface area contributed by atoms with Crippen LogP contribution in [0.5, 0.6) is 0 Å². The van der Waals surface area contributed by atoms with E-state index in [2.05, 4.69) is 26.2 Å². The number of rotatable bonds is 3. The maximum absolute atomic E-state index is 12.4. The summed E-state index contributed by atoms with van der Waals surface area (Å²) in [6, 6.07) is 17.4. The summed E-state index contributed by atoms with van der Waals surface area (Å²) in [5.74, 6) is -0.129. The summed E-state index contributed by atoms with van der Waals surface area (Å²) in [6.45, 7) is 1.86. The number of amides is 1. The fraction of sp³-hybridized carbons (Fsp3) is 0.0588. The van der Waals surface area contributed by atoms with Crippen LogP contribution in [-0.4, -0.2) is 10.9 Å². The quantitative estimate of drug-likeness (QED) is 0.691. The van der Waals surface area contributed by atoms with Crippen molar-refractivity contribution < 1.29 is 4.79 Å². The van der Waals surface area contributed by atoms with Gasteiger partial charge in [-0.1, -0.05) is 52.3 Å². The maximum atomic E-state index is 12.4. The summed E-state index contributed by atoms with van der Waals surface area (Å²) in [5, 5.41) is 3.76. The van der Waals surface area contributed by atoms with Gasteiger partial charge in [-0.15, -0.1) is 11.3 Å². The molecule has 0 aliphatic heterocycles. The maximum Gasteiger partial charge on any atom is 0.267 e. The highest BCUT2D eigenvalue weighted by Crippen LogP contribution is 2.28. The SMILES string of the molecule is Cc1nc(-c2ccccc2)sc1C(=O)Nc1cccc(Br)c1. The lowest BCUT2D eigenvalue weighted by molar-refractivity contribution is 0.103. The molecule has 0 fully saturated rings. The summed E-state index contributed by atoms with van der Waals surface area (Å²) in [5.41, 5.74) is 2.53. The number of nitrogens with zero attached hydrogens (tertiary/aromatic N) is 1. The molecule has 0 aliphatic rings. The molecule has 1 N–H and O–H groups in total. The second-order valence-electron chi connectivity index (χ2n) is 4.76. The van der Waals surface area contributed by atoms with E-state index in [-0.39, 0.29) is 5.91 Å². The number of benzene rings is 2. The van der Waals surface area contributed by atoms with E-state index in [4.69, 9.17) is 0 Å². The molecule has 0 saturated heterocycles. The Bertz CT molecular complexity index is 815. The minimum Gasteiger partial charge on any atom is -0.321 e. The van der Waals surface area contributed by atoms with Crippen LogP contribution < -0.4 is 5.32 Å². The average Bonchev–Trinajstić information content (AvgIpc) is 2.90. The molecule has 22 heavy (non-hydrogen) atoms. The third-order valence-corrected chi connectivity index (χ3v) is 4.80. The van der Waals surface area contributed by atoms with Gasteiger partial charge in [-0.2, -0.15) is 0 Å². The van der Waals surface area contributed by atoms with Crippen LogP contribution in [0, 0.1) is 6.92 Å². The molecule has 5 heteroatoms. The van der Waals surface area contributed by atoms with Gasteiger partial charge in [-0.25, -0.2) is 4.98 Å². The predicted molar refractivity (Wildman–Crippen MR) is 94.4 cm³/mol. The fourth-order valence-corrected chi connectivity index (χ4v) is 3.43. The molecule has 0 aliphatic carbocycles. The number of thiazole rings is 1. The van der Waals surface area contributed by atoms with Gasteiger partial charge in [-0.3, -0.25) is 4.79 Å². The highest BCUT2D eigenvalue weighted by Gasteiger charge is 2.16. The van der Waals surface area contributed by atoms with Crippen molar-refractivity contribution in [2.24, 2.45) is 0 Å². The first kappa shape index (κ1) is 14.9. The first-order valence-electron chi connectivity index (χ1n) is 6.73. The first-order valence-corrected chi connectivity index (χ1v) is 8.34. The summed E-state index contributed by atoms with van der Waals surface area (Å²) in [7, 11) is 0. The summed E-state index contributed by atoms with van der Waals surface area (Å²) in [4.78, 5) is 17.6. The largest absolute Gasteiger partial charge is 0.321 e. The van der Waals surface area contributed by atoms with Gasteiger partial charge >= 0.3 is 0 Å². The normalized spacial score (nSPS) is 10.5. The molecule has 0 unspecified atom stereocenters. The van der Waals surface area contributed by atoms with Gasteiger partial charge in [0.15, 0.2) is 0 Å². The molecule has 1 heterocycles. The second kappa shape index (κ2) is 6.42. The predicted octanol–water partition coefficient (Wildman–Crippen LogP) is 5.13. The molecular formula is C17H13BrN2OS. The van der Waals surface area contributed by atoms with Crippen LogP contribution in [0.25, 0.3) is 10.6 Å². The molecular weight excluding hydrogens is 360 g/mol. The Morgan fingerprint density at radius 1 is 1.14 bits per heavy atom. The van der Waals surface area contributed by atoms with Gasteiger partial charge in [0.25, 0.3) is 5.91 Å². The highest BCUT2D eigenvalue weighted by atomic mass is 79.9. The van der Waals surface area contributed by atoms with E-state index in [1.165, 1.54) is 11.3 Å². The number of aryl methyl sites for hydroxylation is 1. The van der Waals surface area contributed by atoms with Crippen molar-refractivity contribution in [3.8, 4) is 10.6 Å². The molecule has 0 saturated carbocycles. The van der Waals surface area contributed by atoms with E-state index in [9.17, 15) is 4.79 Å². The van der Waals surface area contributed by atoms with Crippen molar-refractivity contribution >= 4 is 38.9 Å². The molecule has 3 rings (SSSR count). The Balaban J connectivity index is 1.86. The van der Waals surface area contributed by atoms with Gasteiger partial charge in [0.1, 0.15) is 9.88 Å². The molecule has 3 aromatic rings. The molecule has 1 aromatic heterocycles. The van der Waals surface area contributed by atoms with Crippen LogP contribution in [0.4, 0.5) is 5.69 Å². The molecule has 2 aromatic carbocycles. The van der Waals surface area contributed by atoms with E-state index in [1.807, 2.05) is 61.5 Å². The number of carbonyl (C=O) groups excluding carboxylic acids is 1. The number of hydrogen-bond donors (Lipinski definition) is 1. The average molecular weight is 373 g/mol. The number of nitrogens with one attached hydrogen (secondary N) is 1. The zero-order valence-electron chi connectivity index (χ0n) is 11.8. The number of anilines is 1. The smallest absolute Gasteiger partial charge is 0.267 e. The van der Waals surface area contributed by atoms with E-state index < -0.39 is 0 Å². The van der Waals surface area contributed by atoms with Crippen molar-refractivity contribution in [2.75, 3.05) is 5.32 Å². The zero-order valence-corrected chi connectivity index (χ0v) is 14.2. The number of aromatic nitrogens is 1. The monoisotopic (exact) mass is 372 g/mol. The Hall–Kier alpha value is -1.98. The third-order valence-electron chi connectivity index (χ3n) is 3.11. The lowest BCUT2D eigenvalue weighted by atomic mass is 10.2. The van der Waals surface area contributed by atoms with Crippen molar-refractivity contribution in [3.63, 3.8) is 0 Å². The summed E-state index contributed by atoms with van der Waals surface area (Å²) < 4.78 is 0.927. The number of carbonyl (C=O) groups is 1. The lowest BCUT2D eigenvalue weighted by Gasteiger charge is -2.04. The van der Waals surface area contributed by atoms with Gasteiger partial charge in [-0.05, 0) is 25.1 Å².